The average molecular weight is 337 g/mol. The van der Waals surface area contributed by atoms with Crippen LogP contribution in [0.15, 0.2) is 18.2 Å². The zero-order chi connectivity index (χ0) is 17.9. The van der Waals surface area contributed by atoms with Gasteiger partial charge in [0.15, 0.2) is 17.6 Å². The second-order valence-corrected chi connectivity index (χ2v) is 6.02. The maximum Gasteiger partial charge on any atom is 0.334 e. The number of rotatable bonds is 5. The van der Waals surface area contributed by atoms with E-state index in [9.17, 15) is 9.59 Å². The van der Waals surface area contributed by atoms with E-state index in [1.807, 2.05) is 13.8 Å². The van der Waals surface area contributed by atoms with Gasteiger partial charge in [-0.2, -0.15) is 0 Å². The number of nitrogens with zero attached hydrogens (tertiary/aromatic N) is 1. The Morgan fingerprint density at radius 3 is 2.58 bits per heavy atom. The number of hydrogen-bond acceptors (Lipinski definition) is 5. The standard InChI is InChI=1S/C17H23NO6/c1-10(2)23-13-6-5-12(7-14(13)22-4)16(19)18-8-11(3)24-15(9-18)17(20)21/h5-7,10-11,15H,8-9H2,1-4H3,(H,20,21)/t11-,15?/m1/s1. The van der Waals surface area contributed by atoms with Gasteiger partial charge < -0.3 is 24.2 Å². The molecule has 1 saturated heterocycles. The molecule has 1 amide bonds. The Morgan fingerprint density at radius 2 is 2.00 bits per heavy atom. The SMILES string of the molecule is COc1cc(C(=O)N2CC(C(=O)O)O[C@H](C)C2)ccc1OC(C)C. The van der Waals surface area contributed by atoms with Gasteiger partial charge in [0.1, 0.15) is 0 Å². The van der Waals surface area contributed by atoms with E-state index in [4.69, 9.17) is 19.3 Å². The first-order valence-corrected chi connectivity index (χ1v) is 7.84. The van der Waals surface area contributed by atoms with Gasteiger partial charge in [0.05, 0.1) is 25.9 Å². The van der Waals surface area contributed by atoms with Gasteiger partial charge in [-0.05, 0) is 39.0 Å². The van der Waals surface area contributed by atoms with Crippen LogP contribution in [0.1, 0.15) is 31.1 Å². The zero-order valence-electron chi connectivity index (χ0n) is 14.3. The van der Waals surface area contributed by atoms with Crippen molar-refractivity contribution in [3.63, 3.8) is 0 Å². The molecule has 7 nitrogen and oxygen atoms in total. The molecule has 0 bridgehead atoms. The first-order chi connectivity index (χ1) is 11.3. The summed E-state index contributed by atoms with van der Waals surface area (Å²) in [6.45, 7) is 5.91. The molecule has 24 heavy (non-hydrogen) atoms. The molecule has 1 aromatic rings. The lowest BCUT2D eigenvalue weighted by molar-refractivity contribution is -0.160. The third kappa shape index (κ3) is 4.17. The minimum atomic E-state index is -1.07. The van der Waals surface area contributed by atoms with E-state index in [1.165, 1.54) is 12.0 Å². The van der Waals surface area contributed by atoms with Crippen LogP contribution in [-0.2, 0) is 9.53 Å². The van der Waals surface area contributed by atoms with Crippen LogP contribution in [0.5, 0.6) is 11.5 Å². The van der Waals surface area contributed by atoms with Crippen molar-refractivity contribution < 1.29 is 28.9 Å². The van der Waals surface area contributed by atoms with Gasteiger partial charge in [0.25, 0.3) is 5.91 Å². The van der Waals surface area contributed by atoms with Gasteiger partial charge in [0, 0.05) is 12.1 Å². The lowest BCUT2D eigenvalue weighted by Crippen LogP contribution is -2.51. The van der Waals surface area contributed by atoms with Crippen LogP contribution in [0.3, 0.4) is 0 Å². The molecule has 1 N–H and O–H groups in total. The Hall–Kier alpha value is -2.28. The first-order valence-electron chi connectivity index (χ1n) is 7.84. The quantitative estimate of drug-likeness (QED) is 0.882. The van der Waals surface area contributed by atoms with Crippen LogP contribution in [-0.4, -0.2) is 60.4 Å². The molecule has 1 unspecified atom stereocenters. The number of benzene rings is 1. The van der Waals surface area contributed by atoms with Crippen LogP contribution in [0.2, 0.25) is 0 Å². The second-order valence-electron chi connectivity index (χ2n) is 6.02. The summed E-state index contributed by atoms with van der Waals surface area (Å²) in [5, 5.41) is 9.13. The summed E-state index contributed by atoms with van der Waals surface area (Å²) >= 11 is 0. The Morgan fingerprint density at radius 1 is 1.29 bits per heavy atom. The molecular weight excluding hydrogens is 314 g/mol. The Labute approximate surface area is 141 Å². The summed E-state index contributed by atoms with van der Waals surface area (Å²) < 4.78 is 16.3. The number of hydrogen-bond donors (Lipinski definition) is 1. The van der Waals surface area contributed by atoms with Crippen LogP contribution in [0.4, 0.5) is 0 Å². The number of amides is 1. The molecule has 2 rings (SSSR count). The molecule has 0 saturated carbocycles. The lowest BCUT2D eigenvalue weighted by atomic mass is 10.1. The molecule has 1 fully saturated rings. The number of carboxylic acids is 1. The van der Waals surface area contributed by atoms with Crippen molar-refractivity contribution in [3.05, 3.63) is 23.8 Å². The molecular formula is C17H23NO6. The van der Waals surface area contributed by atoms with Crippen molar-refractivity contribution in [3.8, 4) is 11.5 Å². The highest BCUT2D eigenvalue weighted by Crippen LogP contribution is 2.29. The fourth-order valence-corrected chi connectivity index (χ4v) is 2.59. The van der Waals surface area contributed by atoms with Gasteiger partial charge in [0.2, 0.25) is 0 Å². The maximum absolute atomic E-state index is 12.7. The van der Waals surface area contributed by atoms with Crippen molar-refractivity contribution >= 4 is 11.9 Å². The second kappa shape index (κ2) is 7.53. The van der Waals surface area contributed by atoms with E-state index in [2.05, 4.69) is 0 Å². The first kappa shape index (κ1) is 18.1. The summed E-state index contributed by atoms with van der Waals surface area (Å²) in [7, 11) is 1.51. The number of morpholine rings is 1. The van der Waals surface area contributed by atoms with E-state index in [-0.39, 0.29) is 24.7 Å². The van der Waals surface area contributed by atoms with E-state index in [0.29, 0.717) is 23.6 Å². The predicted molar refractivity (Wildman–Crippen MR) is 86.6 cm³/mol. The molecule has 7 heteroatoms. The number of carbonyl (C=O) groups excluding carboxylic acids is 1. The number of methoxy groups -OCH3 is 1. The van der Waals surface area contributed by atoms with Crippen molar-refractivity contribution in [2.24, 2.45) is 0 Å². The topological polar surface area (TPSA) is 85.3 Å². The summed E-state index contributed by atoms with van der Waals surface area (Å²) in [6.07, 6.45) is -1.37. The molecule has 0 radical (unpaired) electrons. The molecule has 1 aliphatic heterocycles. The Kier molecular flexibility index (Phi) is 5.66. The van der Waals surface area contributed by atoms with Crippen LogP contribution in [0, 0.1) is 0 Å². The largest absolute Gasteiger partial charge is 0.493 e. The summed E-state index contributed by atoms with van der Waals surface area (Å²) in [6, 6.07) is 4.94. The van der Waals surface area contributed by atoms with Gasteiger partial charge in [-0.1, -0.05) is 0 Å². The molecule has 132 valence electrons. The number of ether oxygens (including phenoxy) is 3. The smallest absolute Gasteiger partial charge is 0.334 e. The highest BCUT2D eigenvalue weighted by atomic mass is 16.5. The minimum Gasteiger partial charge on any atom is -0.493 e. The molecule has 2 atom stereocenters. The summed E-state index contributed by atoms with van der Waals surface area (Å²) in [5.74, 6) is -0.308. The molecule has 1 heterocycles. The normalized spacial score (nSPS) is 20.8. The van der Waals surface area contributed by atoms with E-state index < -0.39 is 12.1 Å². The van der Waals surface area contributed by atoms with Gasteiger partial charge in [-0.3, -0.25) is 4.79 Å². The van der Waals surface area contributed by atoms with Crippen LogP contribution >= 0.6 is 0 Å². The van der Waals surface area contributed by atoms with Crippen molar-refractivity contribution in [1.82, 2.24) is 4.90 Å². The third-order valence-corrected chi connectivity index (χ3v) is 3.60. The zero-order valence-corrected chi connectivity index (χ0v) is 14.3. The molecule has 1 aromatic carbocycles. The molecule has 0 aromatic heterocycles. The van der Waals surface area contributed by atoms with E-state index in [0.717, 1.165) is 0 Å². The average Bonchev–Trinajstić information content (AvgIpc) is 2.53. The van der Waals surface area contributed by atoms with E-state index >= 15 is 0 Å². The Bertz CT molecular complexity index is 615. The van der Waals surface area contributed by atoms with E-state index in [1.54, 1.807) is 25.1 Å². The number of aliphatic carboxylic acids is 1. The highest BCUT2D eigenvalue weighted by Gasteiger charge is 2.33. The van der Waals surface area contributed by atoms with Gasteiger partial charge >= 0.3 is 5.97 Å². The maximum atomic E-state index is 12.7. The van der Waals surface area contributed by atoms with Crippen molar-refractivity contribution in [2.75, 3.05) is 20.2 Å². The van der Waals surface area contributed by atoms with Crippen LogP contribution in [0.25, 0.3) is 0 Å². The molecule has 0 aliphatic carbocycles. The molecule has 0 spiro atoms. The number of carboxylic acid groups (broad SMARTS) is 1. The number of carbonyl (C=O) groups is 2. The van der Waals surface area contributed by atoms with Crippen LogP contribution < -0.4 is 9.47 Å². The summed E-state index contributed by atoms with van der Waals surface area (Å²) in [5.41, 5.74) is 0.418. The van der Waals surface area contributed by atoms with Crippen molar-refractivity contribution in [1.29, 1.82) is 0 Å². The van der Waals surface area contributed by atoms with Gasteiger partial charge in [-0.25, -0.2) is 4.79 Å². The summed E-state index contributed by atoms with van der Waals surface area (Å²) in [4.78, 5) is 25.3. The monoisotopic (exact) mass is 337 g/mol. The fourth-order valence-electron chi connectivity index (χ4n) is 2.59. The van der Waals surface area contributed by atoms with Crippen molar-refractivity contribution in [2.45, 2.75) is 39.1 Å². The fraction of sp³-hybridized carbons (Fsp3) is 0.529. The predicted octanol–water partition coefficient (Wildman–Crippen LogP) is 1.80. The lowest BCUT2D eigenvalue weighted by Gasteiger charge is -2.35. The minimum absolute atomic E-state index is 0.0168. The molecule has 1 aliphatic rings. The van der Waals surface area contributed by atoms with Gasteiger partial charge in [-0.15, -0.1) is 0 Å². The third-order valence-electron chi connectivity index (χ3n) is 3.60. The Balaban J connectivity index is 2.21. The highest BCUT2D eigenvalue weighted by molar-refractivity contribution is 5.95.